The third-order valence-electron chi connectivity index (χ3n) is 4.00. The summed E-state index contributed by atoms with van der Waals surface area (Å²) >= 11 is 1.70. The number of tetrazole rings is 1. The monoisotopic (exact) mass is 341 g/mol. The van der Waals surface area contributed by atoms with Crippen LogP contribution in [0.3, 0.4) is 0 Å². The number of hydrogen-bond acceptors (Lipinski definition) is 5. The normalized spacial score (nSPS) is 12.2. The van der Waals surface area contributed by atoms with Crippen LogP contribution in [0.1, 0.15) is 36.3 Å². The summed E-state index contributed by atoms with van der Waals surface area (Å²) in [4.78, 5) is 11.0. The van der Waals surface area contributed by atoms with Crippen molar-refractivity contribution in [1.82, 2.24) is 20.6 Å². The molecule has 0 aliphatic heterocycles. The Hall–Kier alpha value is -2.54. The van der Waals surface area contributed by atoms with E-state index in [4.69, 9.17) is 5.73 Å². The molecular formula is C17H19N5OS. The molecule has 0 saturated heterocycles. The predicted octanol–water partition coefficient (Wildman–Crippen LogP) is 2.91. The van der Waals surface area contributed by atoms with Crippen LogP contribution in [0.25, 0.3) is 11.4 Å². The van der Waals surface area contributed by atoms with Crippen LogP contribution >= 0.6 is 11.3 Å². The first-order valence-electron chi connectivity index (χ1n) is 7.85. The number of carbonyl (C=O) groups excluding carboxylic acids is 1. The van der Waals surface area contributed by atoms with Crippen LogP contribution in [0.15, 0.2) is 41.1 Å². The van der Waals surface area contributed by atoms with Crippen molar-refractivity contribution in [2.24, 2.45) is 5.73 Å². The zero-order chi connectivity index (χ0) is 16.8. The van der Waals surface area contributed by atoms with Gasteiger partial charge in [0.05, 0.1) is 0 Å². The molecule has 0 aliphatic rings. The van der Waals surface area contributed by atoms with Gasteiger partial charge in [-0.05, 0) is 64.4 Å². The Labute approximate surface area is 144 Å². The lowest BCUT2D eigenvalue weighted by Gasteiger charge is -2.17. The highest BCUT2D eigenvalue weighted by atomic mass is 32.1. The Morgan fingerprint density at radius 2 is 2.25 bits per heavy atom. The number of hydrogen-bond donors (Lipinski definition) is 2. The molecule has 1 unspecified atom stereocenters. The molecule has 2 aromatic heterocycles. The first-order chi connectivity index (χ1) is 11.7. The summed E-state index contributed by atoms with van der Waals surface area (Å²) in [7, 11) is 0. The zero-order valence-electron chi connectivity index (χ0n) is 13.2. The third kappa shape index (κ3) is 4.26. The van der Waals surface area contributed by atoms with Crippen LogP contribution in [0.2, 0.25) is 0 Å². The van der Waals surface area contributed by atoms with Crippen molar-refractivity contribution < 1.29 is 4.79 Å². The number of nitrogens with one attached hydrogen (secondary N) is 1. The van der Waals surface area contributed by atoms with Gasteiger partial charge in [-0.15, -0.1) is 10.2 Å². The minimum absolute atomic E-state index is 0.246. The summed E-state index contributed by atoms with van der Waals surface area (Å²) < 4.78 is 0. The summed E-state index contributed by atoms with van der Waals surface area (Å²) in [5, 5.41) is 18.4. The minimum Gasteiger partial charge on any atom is -0.370 e. The van der Waals surface area contributed by atoms with E-state index in [9.17, 15) is 4.79 Å². The van der Waals surface area contributed by atoms with E-state index in [0.29, 0.717) is 18.2 Å². The molecule has 3 N–H and O–H groups in total. The highest BCUT2D eigenvalue weighted by molar-refractivity contribution is 7.07. The number of H-pyrrole nitrogens is 1. The van der Waals surface area contributed by atoms with Gasteiger partial charge in [0, 0.05) is 12.0 Å². The summed E-state index contributed by atoms with van der Waals surface area (Å²) in [6.07, 6.45) is 3.06. The van der Waals surface area contributed by atoms with Crippen molar-refractivity contribution in [2.75, 3.05) is 0 Å². The van der Waals surface area contributed by atoms with Gasteiger partial charge in [-0.25, -0.2) is 0 Å². The van der Waals surface area contributed by atoms with E-state index < -0.39 is 0 Å². The predicted molar refractivity (Wildman–Crippen MR) is 93.4 cm³/mol. The van der Waals surface area contributed by atoms with E-state index in [1.807, 2.05) is 12.1 Å². The van der Waals surface area contributed by atoms with Gasteiger partial charge in [0.2, 0.25) is 11.7 Å². The largest absolute Gasteiger partial charge is 0.370 e. The molecule has 7 heteroatoms. The highest BCUT2D eigenvalue weighted by Gasteiger charge is 2.15. The van der Waals surface area contributed by atoms with Crippen molar-refractivity contribution in [3.05, 3.63) is 52.2 Å². The van der Waals surface area contributed by atoms with Crippen molar-refractivity contribution in [2.45, 2.75) is 31.6 Å². The van der Waals surface area contributed by atoms with E-state index in [1.54, 1.807) is 11.3 Å². The third-order valence-corrected chi connectivity index (χ3v) is 4.73. The first kappa shape index (κ1) is 16.3. The number of carbonyl (C=O) groups is 1. The molecule has 6 nitrogen and oxygen atoms in total. The molecule has 0 fully saturated rings. The molecule has 3 aromatic rings. The summed E-state index contributed by atoms with van der Waals surface area (Å²) in [6.45, 7) is 0. The van der Waals surface area contributed by atoms with E-state index >= 15 is 0 Å². The van der Waals surface area contributed by atoms with Crippen LogP contribution in [-0.2, 0) is 11.2 Å². The molecule has 1 aromatic carbocycles. The molecule has 24 heavy (non-hydrogen) atoms. The van der Waals surface area contributed by atoms with E-state index in [-0.39, 0.29) is 5.91 Å². The van der Waals surface area contributed by atoms with Crippen molar-refractivity contribution in [3.8, 4) is 11.4 Å². The highest BCUT2D eigenvalue weighted by Crippen LogP contribution is 2.29. The number of nitrogens with two attached hydrogens (primary N) is 1. The summed E-state index contributed by atoms with van der Waals surface area (Å²) in [5.74, 6) is 0.666. The number of amides is 1. The maximum atomic E-state index is 11.0. The molecule has 0 radical (unpaired) electrons. The topological polar surface area (TPSA) is 97.5 Å². The molecule has 0 aliphatic carbocycles. The molecule has 124 valence electrons. The van der Waals surface area contributed by atoms with Crippen LogP contribution in [0.4, 0.5) is 0 Å². The van der Waals surface area contributed by atoms with Crippen LogP contribution in [-0.4, -0.2) is 26.5 Å². The number of aromatic nitrogens is 4. The quantitative estimate of drug-likeness (QED) is 0.658. The second-order valence-electron chi connectivity index (χ2n) is 5.75. The maximum absolute atomic E-state index is 11.0. The van der Waals surface area contributed by atoms with E-state index in [0.717, 1.165) is 24.8 Å². The fourth-order valence-corrected chi connectivity index (χ4v) is 3.50. The smallest absolute Gasteiger partial charge is 0.217 e. The SMILES string of the molecule is NC(=O)CCCC(Cc1ccsc1)c1cccc(-c2nn[nH]n2)c1. The number of rotatable bonds is 8. The van der Waals surface area contributed by atoms with Crippen LogP contribution in [0, 0.1) is 0 Å². The number of thiophene rings is 1. The fourth-order valence-electron chi connectivity index (χ4n) is 2.82. The zero-order valence-corrected chi connectivity index (χ0v) is 14.0. The number of benzene rings is 1. The lowest BCUT2D eigenvalue weighted by atomic mass is 9.87. The molecule has 0 spiro atoms. The number of primary amides is 1. The van der Waals surface area contributed by atoms with Gasteiger partial charge in [-0.3, -0.25) is 4.79 Å². The van der Waals surface area contributed by atoms with Gasteiger partial charge in [-0.2, -0.15) is 16.6 Å². The summed E-state index contributed by atoms with van der Waals surface area (Å²) in [6, 6.07) is 10.3. The van der Waals surface area contributed by atoms with E-state index in [1.165, 1.54) is 11.1 Å². The Morgan fingerprint density at radius 1 is 1.33 bits per heavy atom. The van der Waals surface area contributed by atoms with Gasteiger partial charge >= 0.3 is 0 Å². The average Bonchev–Trinajstić information content (AvgIpc) is 3.27. The second kappa shape index (κ2) is 7.83. The Kier molecular flexibility index (Phi) is 5.32. The Balaban J connectivity index is 1.81. The number of aromatic amines is 1. The van der Waals surface area contributed by atoms with Gasteiger partial charge in [-0.1, -0.05) is 18.2 Å². The summed E-state index contributed by atoms with van der Waals surface area (Å²) in [5.41, 5.74) is 8.74. The molecular weight excluding hydrogens is 322 g/mol. The molecule has 2 heterocycles. The fraction of sp³-hybridized carbons (Fsp3) is 0.294. The lowest BCUT2D eigenvalue weighted by molar-refractivity contribution is -0.118. The van der Waals surface area contributed by atoms with Gasteiger partial charge < -0.3 is 5.73 Å². The van der Waals surface area contributed by atoms with Crippen LogP contribution in [0.5, 0.6) is 0 Å². The molecule has 3 rings (SSSR count). The van der Waals surface area contributed by atoms with Crippen molar-refractivity contribution in [3.63, 3.8) is 0 Å². The molecule has 0 saturated carbocycles. The van der Waals surface area contributed by atoms with Gasteiger partial charge in [0.1, 0.15) is 0 Å². The second-order valence-corrected chi connectivity index (χ2v) is 6.53. The first-order valence-corrected chi connectivity index (χ1v) is 8.80. The van der Waals surface area contributed by atoms with E-state index in [2.05, 4.69) is 49.6 Å². The molecule has 0 bridgehead atoms. The Morgan fingerprint density at radius 3 is 2.96 bits per heavy atom. The average molecular weight is 341 g/mol. The van der Waals surface area contributed by atoms with Crippen molar-refractivity contribution >= 4 is 17.2 Å². The van der Waals surface area contributed by atoms with Gasteiger partial charge in [0.15, 0.2) is 0 Å². The van der Waals surface area contributed by atoms with Gasteiger partial charge in [0.25, 0.3) is 0 Å². The number of nitrogens with zero attached hydrogens (tertiary/aromatic N) is 3. The Bertz CT molecular complexity index is 770. The lowest BCUT2D eigenvalue weighted by Crippen LogP contribution is -2.11. The molecule has 1 atom stereocenters. The minimum atomic E-state index is -0.246. The van der Waals surface area contributed by atoms with Crippen LogP contribution < -0.4 is 5.73 Å². The van der Waals surface area contributed by atoms with Crippen molar-refractivity contribution in [1.29, 1.82) is 0 Å². The molecule has 1 amide bonds. The maximum Gasteiger partial charge on any atom is 0.217 e. The standard InChI is InChI=1S/C17H19N5OS/c18-16(23)6-2-4-13(9-12-7-8-24-11-12)14-3-1-5-15(10-14)17-19-21-22-20-17/h1,3,5,7-8,10-11,13H,2,4,6,9H2,(H2,18,23)(H,19,20,21,22).